The fraction of sp³-hybridized carbons (Fsp3) is 0.500. The summed E-state index contributed by atoms with van der Waals surface area (Å²) < 4.78 is 5.13. The molecule has 1 heterocycles. The van der Waals surface area contributed by atoms with Gasteiger partial charge >= 0.3 is 0 Å². The predicted octanol–water partition coefficient (Wildman–Crippen LogP) is 0.521. The van der Waals surface area contributed by atoms with Gasteiger partial charge in [0.1, 0.15) is 6.17 Å². The Bertz CT molecular complexity index is 187. The molecular formula is C8H14N2O. The van der Waals surface area contributed by atoms with Gasteiger partial charge in [0.2, 0.25) is 0 Å². The van der Waals surface area contributed by atoms with Crippen molar-refractivity contribution in [2.24, 2.45) is 0 Å². The van der Waals surface area contributed by atoms with E-state index in [0.29, 0.717) is 0 Å². The van der Waals surface area contributed by atoms with Crippen molar-refractivity contribution in [3.05, 3.63) is 24.1 Å². The van der Waals surface area contributed by atoms with Crippen molar-refractivity contribution in [1.29, 1.82) is 0 Å². The summed E-state index contributed by atoms with van der Waals surface area (Å²) >= 11 is 0. The van der Waals surface area contributed by atoms with Crippen molar-refractivity contribution in [3.63, 3.8) is 0 Å². The number of likely N-dealkylation sites (N-methyl/N-ethyl adjacent to an activating group) is 2. The molecule has 11 heavy (non-hydrogen) atoms. The smallest absolute Gasteiger partial charge is 0.190 e. The molecule has 3 heteroatoms. The third-order valence-electron chi connectivity index (χ3n) is 1.80. The molecule has 0 saturated heterocycles. The van der Waals surface area contributed by atoms with Crippen LogP contribution in [0.1, 0.15) is 0 Å². The Kier molecular flexibility index (Phi) is 2.54. The maximum absolute atomic E-state index is 5.13. The molecule has 0 bridgehead atoms. The Morgan fingerprint density at radius 3 is 2.91 bits per heavy atom. The van der Waals surface area contributed by atoms with Gasteiger partial charge in [-0.3, -0.25) is 5.32 Å². The molecule has 0 aromatic carbocycles. The van der Waals surface area contributed by atoms with Crippen molar-refractivity contribution < 1.29 is 4.74 Å². The zero-order chi connectivity index (χ0) is 8.27. The first kappa shape index (κ1) is 8.14. The Hall–Kier alpha value is -0.960. The number of nitrogens with zero attached hydrogens (tertiary/aromatic N) is 1. The molecule has 3 nitrogen and oxygen atoms in total. The highest BCUT2D eigenvalue weighted by Crippen LogP contribution is 2.11. The maximum atomic E-state index is 5.13. The molecule has 0 spiro atoms. The number of ether oxygens (including phenoxy) is 1. The highest BCUT2D eigenvalue weighted by molar-refractivity contribution is 5.15. The molecule has 62 valence electrons. The summed E-state index contributed by atoms with van der Waals surface area (Å²) in [5, 5.41) is 3.14. The molecule has 0 aromatic heterocycles. The minimum Gasteiger partial charge on any atom is -0.482 e. The summed E-state index contributed by atoms with van der Waals surface area (Å²) in [4.78, 5) is 2.03. The van der Waals surface area contributed by atoms with Crippen LogP contribution in [0.2, 0.25) is 0 Å². The van der Waals surface area contributed by atoms with E-state index in [-0.39, 0.29) is 6.17 Å². The minimum absolute atomic E-state index is 0.245. The molecule has 1 aliphatic rings. The topological polar surface area (TPSA) is 24.5 Å². The standard InChI is InChI=1S/C8H14N2O/c1-9-7-5-4-6-8(11-3)10(7)2/h4-7,9H,1-3H3. The molecule has 1 unspecified atom stereocenters. The summed E-state index contributed by atoms with van der Waals surface area (Å²) in [7, 11) is 5.58. The van der Waals surface area contributed by atoms with Crippen LogP contribution in [0.25, 0.3) is 0 Å². The van der Waals surface area contributed by atoms with Gasteiger partial charge in [-0.05, 0) is 19.2 Å². The summed E-state index contributed by atoms with van der Waals surface area (Å²) in [6, 6.07) is 0. The number of hydrogen-bond acceptors (Lipinski definition) is 3. The van der Waals surface area contributed by atoms with Crippen molar-refractivity contribution >= 4 is 0 Å². The molecule has 1 rings (SSSR count). The first-order valence-electron chi connectivity index (χ1n) is 3.62. The van der Waals surface area contributed by atoms with Gasteiger partial charge in [0.25, 0.3) is 0 Å². The second kappa shape index (κ2) is 3.44. The fourth-order valence-electron chi connectivity index (χ4n) is 1.13. The van der Waals surface area contributed by atoms with Crippen LogP contribution < -0.4 is 5.32 Å². The molecule has 1 N–H and O–H groups in total. The van der Waals surface area contributed by atoms with Gasteiger partial charge in [0.15, 0.2) is 5.88 Å². The van der Waals surface area contributed by atoms with E-state index in [1.165, 1.54) is 0 Å². The zero-order valence-electron chi connectivity index (χ0n) is 7.16. The lowest BCUT2D eigenvalue weighted by Crippen LogP contribution is -2.41. The molecule has 0 aromatic rings. The fourth-order valence-corrected chi connectivity index (χ4v) is 1.13. The van der Waals surface area contributed by atoms with Crippen LogP contribution in [-0.2, 0) is 4.74 Å². The van der Waals surface area contributed by atoms with Gasteiger partial charge < -0.3 is 9.64 Å². The zero-order valence-corrected chi connectivity index (χ0v) is 7.16. The highest BCUT2D eigenvalue weighted by atomic mass is 16.5. The monoisotopic (exact) mass is 154 g/mol. The van der Waals surface area contributed by atoms with Crippen LogP contribution in [0.3, 0.4) is 0 Å². The quantitative estimate of drug-likeness (QED) is 0.627. The lowest BCUT2D eigenvalue weighted by Gasteiger charge is -2.30. The maximum Gasteiger partial charge on any atom is 0.190 e. The Labute approximate surface area is 67.3 Å². The molecule has 1 atom stereocenters. The van der Waals surface area contributed by atoms with E-state index < -0.39 is 0 Å². The molecule has 0 aliphatic carbocycles. The van der Waals surface area contributed by atoms with Crippen LogP contribution in [0.4, 0.5) is 0 Å². The van der Waals surface area contributed by atoms with E-state index in [9.17, 15) is 0 Å². The van der Waals surface area contributed by atoms with E-state index in [0.717, 1.165) is 5.88 Å². The van der Waals surface area contributed by atoms with Gasteiger partial charge in [-0.15, -0.1) is 0 Å². The lowest BCUT2D eigenvalue weighted by molar-refractivity contribution is 0.143. The van der Waals surface area contributed by atoms with Crippen LogP contribution >= 0.6 is 0 Å². The van der Waals surface area contributed by atoms with Crippen molar-refractivity contribution in [3.8, 4) is 0 Å². The third-order valence-corrected chi connectivity index (χ3v) is 1.80. The predicted molar refractivity (Wildman–Crippen MR) is 44.8 cm³/mol. The van der Waals surface area contributed by atoms with Gasteiger partial charge in [-0.1, -0.05) is 6.08 Å². The summed E-state index contributed by atoms with van der Waals surface area (Å²) in [6.45, 7) is 0. The van der Waals surface area contributed by atoms with Gasteiger partial charge in [-0.2, -0.15) is 0 Å². The second-order valence-corrected chi connectivity index (χ2v) is 2.44. The minimum atomic E-state index is 0.245. The Balaban J connectivity index is 2.68. The normalized spacial score (nSPS) is 23.4. The average molecular weight is 154 g/mol. The molecule has 0 radical (unpaired) electrons. The van der Waals surface area contributed by atoms with E-state index >= 15 is 0 Å². The van der Waals surface area contributed by atoms with Crippen LogP contribution in [0.5, 0.6) is 0 Å². The van der Waals surface area contributed by atoms with Crippen LogP contribution in [-0.4, -0.2) is 32.3 Å². The number of hydrogen-bond donors (Lipinski definition) is 1. The van der Waals surface area contributed by atoms with Crippen LogP contribution in [0.15, 0.2) is 24.1 Å². The van der Waals surface area contributed by atoms with Crippen molar-refractivity contribution in [1.82, 2.24) is 10.2 Å². The van der Waals surface area contributed by atoms with Crippen LogP contribution in [0, 0.1) is 0 Å². The van der Waals surface area contributed by atoms with E-state index in [1.54, 1.807) is 7.11 Å². The highest BCUT2D eigenvalue weighted by Gasteiger charge is 2.14. The van der Waals surface area contributed by atoms with Gasteiger partial charge in [-0.25, -0.2) is 0 Å². The molecule has 0 amide bonds. The Morgan fingerprint density at radius 1 is 1.64 bits per heavy atom. The van der Waals surface area contributed by atoms with E-state index in [2.05, 4.69) is 11.4 Å². The Morgan fingerprint density at radius 2 is 2.36 bits per heavy atom. The SMILES string of the molecule is CNC1C=CC=C(OC)N1C. The largest absolute Gasteiger partial charge is 0.482 e. The summed E-state index contributed by atoms with van der Waals surface area (Å²) in [5.41, 5.74) is 0. The van der Waals surface area contributed by atoms with Gasteiger partial charge in [0.05, 0.1) is 7.11 Å². The second-order valence-electron chi connectivity index (χ2n) is 2.44. The number of allylic oxidation sites excluding steroid dienone is 2. The molecular weight excluding hydrogens is 140 g/mol. The summed E-state index contributed by atoms with van der Waals surface area (Å²) in [6.07, 6.45) is 6.24. The van der Waals surface area contributed by atoms with Gasteiger partial charge in [0, 0.05) is 7.05 Å². The first-order valence-corrected chi connectivity index (χ1v) is 3.62. The number of methoxy groups -OCH3 is 1. The first-order chi connectivity index (χ1) is 5.29. The molecule has 0 fully saturated rings. The number of nitrogens with one attached hydrogen (secondary N) is 1. The number of rotatable bonds is 2. The molecule has 1 aliphatic heterocycles. The van der Waals surface area contributed by atoms with E-state index in [4.69, 9.17) is 4.74 Å². The van der Waals surface area contributed by atoms with E-state index in [1.807, 2.05) is 31.1 Å². The van der Waals surface area contributed by atoms with Crippen molar-refractivity contribution in [2.45, 2.75) is 6.17 Å². The molecule has 0 saturated carbocycles. The summed E-state index contributed by atoms with van der Waals surface area (Å²) in [5.74, 6) is 0.881. The third kappa shape index (κ3) is 1.54. The average Bonchev–Trinajstić information content (AvgIpc) is 2.05. The van der Waals surface area contributed by atoms with Crippen molar-refractivity contribution in [2.75, 3.05) is 21.2 Å². The lowest BCUT2D eigenvalue weighted by atomic mass is 10.3.